The molecule has 44 heavy (non-hydrogen) atoms. The van der Waals surface area contributed by atoms with Crippen molar-refractivity contribution in [2.75, 3.05) is 51.4 Å². The van der Waals surface area contributed by atoms with Crippen molar-refractivity contribution in [3.8, 4) is 45.3 Å². The van der Waals surface area contributed by atoms with E-state index in [0.717, 1.165) is 21.9 Å². The highest BCUT2D eigenvalue weighted by Crippen LogP contribution is 2.42. The Kier molecular flexibility index (Phi) is 8.24. The van der Waals surface area contributed by atoms with Gasteiger partial charge in [0.1, 0.15) is 34.6 Å². The lowest BCUT2D eigenvalue weighted by molar-refractivity contribution is 0.397. The summed E-state index contributed by atoms with van der Waals surface area (Å²) in [5, 5.41) is 1.46. The number of hydrogen-bond acceptors (Lipinski definition) is 14. The van der Waals surface area contributed by atoms with E-state index in [1.165, 1.54) is 0 Å². The van der Waals surface area contributed by atoms with Gasteiger partial charge in [-0.05, 0) is 36.4 Å². The van der Waals surface area contributed by atoms with Gasteiger partial charge in [-0.1, -0.05) is 12.1 Å². The van der Waals surface area contributed by atoms with Gasteiger partial charge in [0.25, 0.3) is 0 Å². The summed E-state index contributed by atoms with van der Waals surface area (Å²) in [4.78, 5) is 24.7. The summed E-state index contributed by atoms with van der Waals surface area (Å²) in [6.45, 7) is 0. The van der Waals surface area contributed by atoms with Crippen LogP contribution in [0.5, 0.6) is 23.0 Å². The quantitative estimate of drug-likeness (QED) is 0.216. The molecule has 0 aliphatic heterocycles. The van der Waals surface area contributed by atoms with Gasteiger partial charge in [0, 0.05) is 34.3 Å². The van der Waals surface area contributed by atoms with Gasteiger partial charge in [0.2, 0.25) is 11.9 Å². The molecule has 0 bridgehead atoms. The van der Waals surface area contributed by atoms with Gasteiger partial charge >= 0.3 is 0 Å². The second-order valence-corrected chi connectivity index (χ2v) is 9.20. The molecule has 0 fully saturated rings. The summed E-state index contributed by atoms with van der Waals surface area (Å²) in [5.41, 5.74) is 27.1. The van der Waals surface area contributed by atoms with E-state index >= 15 is 0 Å². The largest absolute Gasteiger partial charge is 0.496 e. The Morgan fingerprint density at radius 1 is 0.500 bits per heavy atom. The number of aromatic nitrogens is 6. The number of pyridine rings is 2. The second-order valence-electron chi connectivity index (χ2n) is 9.20. The van der Waals surface area contributed by atoms with E-state index in [-0.39, 0.29) is 11.9 Å². The fourth-order valence-electron chi connectivity index (χ4n) is 4.61. The fourth-order valence-corrected chi connectivity index (χ4v) is 4.61. The molecule has 224 valence electrons. The first kappa shape index (κ1) is 29.3. The highest BCUT2D eigenvalue weighted by molar-refractivity contribution is 5.92. The molecule has 6 aromatic rings. The predicted molar refractivity (Wildman–Crippen MR) is 169 cm³/mol. The lowest BCUT2D eigenvalue weighted by Crippen LogP contribution is -2.01. The maximum absolute atomic E-state index is 6.09. The topological polar surface area (TPSA) is 218 Å². The minimum absolute atomic E-state index is 0.155. The highest BCUT2D eigenvalue weighted by atomic mass is 16.5. The van der Waals surface area contributed by atoms with Gasteiger partial charge in [-0.25, -0.2) is 19.9 Å². The summed E-state index contributed by atoms with van der Waals surface area (Å²) in [7, 11) is 6.36. The van der Waals surface area contributed by atoms with Gasteiger partial charge in [0.05, 0.1) is 39.6 Å². The number of anilines is 4. The normalized spacial score (nSPS) is 10.6. The zero-order valence-corrected chi connectivity index (χ0v) is 24.4. The molecule has 0 spiro atoms. The number of methoxy groups -OCH3 is 4. The molecule has 0 unspecified atom stereocenters. The lowest BCUT2D eigenvalue weighted by Gasteiger charge is -2.14. The molecule has 0 amide bonds. The number of nitrogens with zero attached hydrogens (tertiary/aromatic N) is 6. The van der Waals surface area contributed by atoms with Crippen molar-refractivity contribution in [3.05, 3.63) is 60.9 Å². The molecule has 0 saturated heterocycles. The van der Waals surface area contributed by atoms with E-state index in [1.54, 1.807) is 40.8 Å². The molecule has 0 aliphatic carbocycles. The number of nitrogens with two attached hydrogens (primary N) is 4. The first-order valence-corrected chi connectivity index (χ1v) is 13.1. The maximum Gasteiger partial charge on any atom is 0.222 e. The first-order chi connectivity index (χ1) is 21.3. The van der Waals surface area contributed by atoms with Crippen LogP contribution in [0.4, 0.5) is 23.5 Å². The molecule has 4 heterocycles. The van der Waals surface area contributed by atoms with E-state index in [4.69, 9.17) is 41.9 Å². The molecule has 8 N–H and O–H groups in total. The van der Waals surface area contributed by atoms with Gasteiger partial charge < -0.3 is 41.9 Å². The maximum atomic E-state index is 6.09. The molecular formula is C30H30N10O4. The third-order valence-corrected chi connectivity index (χ3v) is 6.63. The number of benzene rings is 2. The first-order valence-electron chi connectivity index (χ1n) is 13.1. The smallest absolute Gasteiger partial charge is 0.222 e. The summed E-state index contributed by atoms with van der Waals surface area (Å²) in [5.74, 6) is 3.50. The highest BCUT2D eigenvalue weighted by Gasteiger charge is 2.18. The van der Waals surface area contributed by atoms with E-state index in [1.807, 2.05) is 48.5 Å². The molecule has 6 rings (SSSR count). The SMILES string of the molecule is COc1cccc(OC)c1-c1cc2cnc(N)nc2nc1N.COc1cccc(OC)c1-c1cc2cnc(N)nc2nc1N. The van der Waals surface area contributed by atoms with Crippen LogP contribution in [-0.2, 0) is 0 Å². The predicted octanol–water partition coefficient (Wildman–Crippen LogP) is 3.75. The Bertz CT molecular complexity index is 1800. The van der Waals surface area contributed by atoms with Crippen molar-refractivity contribution >= 4 is 45.6 Å². The van der Waals surface area contributed by atoms with Gasteiger partial charge in [-0.15, -0.1) is 0 Å². The van der Waals surface area contributed by atoms with Crippen LogP contribution < -0.4 is 41.9 Å². The van der Waals surface area contributed by atoms with Crippen molar-refractivity contribution in [1.82, 2.24) is 29.9 Å². The van der Waals surface area contributed by atoms with E-state index in [9.17, 15) is 0 Å². The Morgan fingerprint density at radius 2 is 0.841 bits per heavy atom. The second kappa shape index (κ2) is 12.4. The zero-order valence-electron chi connectivity index (χ0n) is 24.4. The molecule has 0 saturated carbocycles. The Balaban J connectivity index is 0.000000175. The summed E-state index contributed by atoms with van der Waals surface area (Å²) in [6.07, 6.45) is 3.21. The van der Waals surface area contributed by atoms with Crippen molar-refractivity contribution in [2.45, 2.75) is 0 Å². The van der Waals surface area contributed by atoms with Crippen molar-refractivity contribution in [1.29, 1.82) is 0 Å². The molecule has 0 aliphatic rings. The third kappa shape index (κ3) is 5.63. The third-order valence-electron chi connectivity index (χ3n) is 6.63. The average molecular weight is 595 g/mol. The van der Waals surface area contributed by atoms with Gasteiger partial charge in [-0.3, -0.25) is 0 Å². The minimum atomic E-state index is 0.155. The molecule has 4 aromatic heterocycles. The molecular weight excluding hydrogens is 564 g/mol. The summed E-state index contributed by atoms with van der Waals surface area (Å²) >= 11 is 0. The molecule has 14 nitrogen and oxygen atoms in total. The number of rotatable bonds is 6. The van der Waals surface area contributed by atoms with E-state index in [0.29, 0.717) is 57.1 Å². The van der Waals surface area contributed by atoms with Crippen LogP contribution in [0.3, 0.4) is 0 Å². The molecule has 2 aromatic carbocycles. The van der Waals surface area contributed by atoms with Crippen molar-refractivity contribution in [2.24, 2.45) is 0 Å². The van der Waals surface area contributed by atoms with Crippen LogP contribution in [-0.4, -0.2) is 58.3 Å². The zero-order chi connectivity index (χ0) is 31.4. The van der Waals surface area contributed by atoms with Gasteiger partial charge in [-0.2, -0.15) is 9.97 Å². The average Bonchev–Trinajstić information content (AvgIpc) is 3.03. The number of ether oxygens (including phenoxy) is 4. The van der Waals surface area contributed by atoms with E-state index in [2.05, 4.69) is 29.9 Å². The summed E-state index contributed by atoms with van der Waals surface area (Å²) in [6, 6.07) is 14.7. The minimum Gasteiger partial charge on any atom is -0.496 e. The number of hydrogen-bond donors (Lipinski definition) is 4. The molecule has 0 atom stereocenters. The Labute approximate surface area is 252 Å². The van der Waals surface area contributed by atoms with Crippen LogP contribution in [0, 0.1) is 0 Å². The Hall–Kier alpha value is -6.18. The van der Waals surface area contributed by atoms with Gasteiger partial charge in [0.15, 0.2) is 11.3 Å². The number of nitrogen functional groups attached to an aromatic ring is 4. The van der Waals surface area contributed by atoms with Crippen LogP contribution in [0.25, 0.3) is 44.3 Å². The lowest BCUT2D eigenvalue weighted by atomic mass is 10.0. The van der Waals surface area contributed by atoms with Crippen molar-refractivity contribution < 1.29 is 18.9 Å². The number of fused-ring (bicyclic) bond motifs is 2. The van der Waals surface area contributed by atoms with Crippen LogP contribution >= 0.6 is 0 Å². The van der Waals surface area contributed by atoms with Crippen LogP contribution in [0.15, 0.2) is 60.9 Å². The van der Waals surface area contributed by atoms with Crippen molar-refractivity contribution in [3.63, 3.8) is 0 Å². The molecule has 0 radical (unpaired) electrons. The molecule has 14 heteroatoms. The van der Waals surface area contributed by atoms with E-state index < -0.39 is 0 Å². The Morgan fingerprint density at radius 3 is 1.16 bits per heavy atom. The standard InChI is InChI=1S/2C15H15N5O2/c2*1-21-10-4-3-5-11(22-2)12(10)9-6-8-7-18-15(17)20-14(8)19-13(9)16/h2*3-7H,1-2H3,(H4,16,17,18,19,20). The fraction of sp³-hybridized carbons (Fsp3) is 0.133. The summed E-state index contributed by atoms with van der Waals surface area (Å²) < 4.78 is 21.7. The van der Waals surface area contributed by atoms with Crippen LogP contribution in [0.1, 0.15) is 0 Å². The monoisotopic (exact) mass is 594 g/mol. The van der Waals surface area contributed by atoms with Crippen LogP contribution in [0.2, 0.25) is 0 Å².